The number of esters is 1. The van der Waals surface area contributed by atoms with Gasteiger partial charge in [0.2, 0.25) is 0 Å². The fraction of sp³-hybridized carbons (Fsp3) is 0.227. The highest BCUT2D eigenvalue weighted by molar-refractivity contribution is 6.33. The second-order valence-electron chi connectivity index (χ2n) is 6.77. The number of hydrogen-bond acceptors (Lipinski definition) is 4. The molecule has 29 heavy (non-hydrogen) atoms. The average molecular weight is 412 g/mol. The van der Waals surface area contributed by atoms with Gasteiger partial charge in [0, 0.05) is 11.7 Å². The molecule has 2 aromatic carbocycles. The van der Waals surface area contributed by atoms with Crippen molar-refractivity contribution in [1.82, 2.24) is 9.78 Å². The van der Waals surface area contributed by atoms with Gasteiger partial charge in [0.15, 0.2) is 6.61 Å². The molecule has 1 aromatic heterocycles. The van der Waals surface area contributed by atoms with Gasteiger partial charge in [0.1, 0.15) is 10.7 Å². The zero-order valence-corrected chi connectivity index (χ0v) is 17.3. The van der Waals surface area contributed by atoms with Crippen LogP contribution in [0.4, 0.5) is 5.69 Å². The molecule has 1 amide bonds. The maximum absolute atomic E-state index is 12.7. The Balaban J connectivity index is 1.76. The van der Waals surface area contributed by atoms with Crippen LogP contribution in [0.2, 0.25) is 5.15 Å². The molecule has 150 valence electrons. The molecular formula is C22H22ClN3O3. The van der Waals surface area contributed by atoms with E-state index in [0.717, 1.165) is 11.4 Å². The molecule has 1 heterocycles. The summed E-state index contributed by atoms with van der Waals surface area (Å²) in [6.45, 7) is 5.08. The summed E-state index contributed by atoms with van der Waals surface area (Å²) in [4.78, 5) is 26.9. The largest absolute Gasteiger partial charge is 0.452 e. The summed E-state index contributed by atoms with van der Waals surface area (Å²) < 4.78 is 6.76. The molecule has 0 saturated carbocycles. The number of ether oxygens (including phenoxy) is 1. The van der Waals surface area contributed by atoms with E-state index < -0.39 is 12.6 Å². The molecule has 0 fully saturated rings. The Morgan fingerprint density at radius 1 is 1.07 bits per heavy atom. The fourth-order valence-corrected chi connectivity index (χ4v) is 3.41. The van der Waals surface area contributed by atoms with Crippen LogP contribution in [0.5, 0.6) is 0 Å². The third-order valence-electron chi connectivity index (χ3n) is 4.36. The van der Waals surface area contributed by atoms with E-state index in [1.807, 2.05) is 74.5 Å². The lowest BCUT2D eigenvalue weighted by molar-refractivity contribution is -0.122. The first-order valence-electron chi connectivity index (χ1n) is 9.25. The third kappa shape index (κ3) is 4.49. The summed E-state index contributed by atoms with van der Waals surface area (Å²) in [5.41, 5.74) is 2.06. The Hall–Kier alpha value is -3.12. The first kappa shape index (κ1) is 20.6. The summed E-state index contributed by atoms with van der Waals surface area (Å²) in [5, 5.41) is 4.48. The number of hydrogen-bond donors (Lipinski definition) is 0. The number of carbonyl (C=O) groups excluding carboxylic acids is 2. The molecule has 0 bridgehead atoms. The summed E-state index contributed by atoms with van der Waals surface area (Å²) in [6.07, 6.45) is 0. The van der Waals surface area contributed by atoms with E-state index in [0.29, 0.717) is 5.69 Å². The number of carbonyl (C=O) groups is 2. The molecule has 0 radical (unpaired) electrons. The second-order valence-corrected chi connectivity index (χ2v) is 7.13. The Morgan fingerprint density at radius 2 is 1.66 bits per heavy atom. The van der Waals surface area contributed by atoms with Crippen molar-refractivity contribution in [2.75, 3.05) is 11.5 Å². The van der Waals surface area contributed by atoms with Crippen molar-refractivity contribution in [3.8, 4) is 5.69 Å². The second kappa shape index (κ2) is 8.92. The monoisotopic (exact) mass is 411 g/mol. The van der Waals surface area contributed by atoms with E-state index in [1.54, 1.807) is 11.8 Å². The number of anilines is 1. The number of rotatable bonds is 6. The van der Waals surface area contributed by atoms with Gasteiger partial charge in [0.05, 0.1) is 11.4 Å². The predicted octanol–water partition coefficient (Wildman–Crippen LogP) is 4.43. The molecule has 0 N–H and O–H groups in total. The van der Waals surface area contributed by atoms with E-state index in [9.17, 15) is 9.59 Å². The maximum atomic E-state index is 12.7. The molecule has 3 aromatic rings. The average Bonchev–Trinajstić information content (AvgIpc) is 3.01. The minimum atomic E-state index is -0.681. The van der Waals surface area contributed by atoms with Gasteiger partial charge >= 0.3 is 5.97 Å². The lowest BCUT2D eigenvalue weighted by Gasteiger charge is -2.26. The van der Waals surface area contributed by atoms with Crippen LogP contribution in [0.15, 0.2) is 60.7 Å². The molecule has 0 unspecified atom stereocenters. The van der Waals surface area contributed by atoms with Gasteiger partial charge in [-0.05, 0) is 45.0 Å². The smallest absolute Gasteiger partial charge is 0.343 e. The molecule has 0 spiro atoms. The van der Waals surface area contributed by atoms with Crippen LogP contribution < -0.4 is 4.90 Å². The number of amides is 1. The molecular weight excluding hydrogens is 390 g/mol. The molecule has 0 aliphatic heterocycles. The lowest BCUT2D eigenvalue weighted by atomic mass is 10.2. The van der Waals surface area contributed by atoms with Gasteiger partial charge in [-0.3, -0.25) is 4.79 Å². The van der Waals surface area contributed by atoms with Gasteiger partial charge < -0.3 is 9.64 Å². The highest BCUT2D eigenvalue weighted by Crippen LogP contribution is 2.24. The zero-order chi connectivity index (χ0) is 21.0. The molecule has 0 aliphatic rings. The van der Waals surface area contributed by atoms with Crippen molar-refractivity contribution in [2.24, 2.45) is 0 Å². The van der Waals surface area contributed by atoms with E-state index in [-0.39, 0.29) is 22.7 Å². The van der Waals surface area contributed by atoms with Crippen molar-refractivity contribution >= 4 is 29.2 Å². The molecule has 0 aliphatic carbocycles. The van der Waals surface area contributed by atoms with Crippen LogP contribution >= 0.6 is 11.6 Å². The highest BCUT2D eigenvalue weighted by Gasteiger charge is 2.25. The van der Waals surface area contributed by atoms with Gasteiger partial charge in [-0.25, -0.2) is 9.48 Å². The summed E-state index contributed by atoms with van der Waals surface area (Å²) in [5.74, 6) is -0.997. The van der Waals surface area contributed by atoms with Crippen molar-refractivity contribution in [3.05, 3.63) is 77.1 Å². The Morgan fingerprint density at radius 3 is 2.24 bits per heavy atom. The van der Waals surface area contributed by atoms with E-state index in [4.69, 9.17) is 16.3 Å². The standard InChI is InChI=1S/C22H22ClN3O3/c1-15(2)25(17-10-6-4-7-11-17)19(27)14-29-22(28)20-16(3)24-26(21(20)23)18-12-8-5-9-13-18/h4-13,15H,14H2,1-3H3. The number of aryl methyl sites for hydroxylation is 1. The Labute approximate surface area is 174 Å². The van der Waals surface area contributed by atoms with E-state index in [2.05, 4.69) is 5.10 Å². The van der Waals surface area contributed by atoms with Crippen LogP contribution in [-0.2, 0) is 9.53 Å². The number of benzene rings is 2. The minimum absolute atomic E-state index is 0.0882. The first-order valence-corrected chi connectivity index (χ1v) is 9.62. The molecule has 0 atom stereocenters. The summed E-state index contributed by atoms with van der Waals surface area (Å²) >= 11 is 6.39. The van der Waals surface area contributed by atoms with Crippen molar-refractivity contribution in [1.29, 1.82) is 0 Å². The Kier molecular flexibility index (Phi) is 6.34. The topological polar surface area (TPSA) is 64.4 Å². The first-order chi connectivity index (χ1) is 13.9. The normalized spacial score (nSPS) is 10.8. The minimum Gasteiger partial charge on any atom is -0.452 e. The Bertz CT molecular complexity index is 1000. The van der Waals surface area contributed by atoms with E-state index in [1.165, 1.54) is 4.68 Å². The fourth-order valence-electron chi connectivity index (χ4n) is 3.06. The third-order valence-corrected chi connectivity index (χ3v) is 4.70. The highest BCUT2D eigenvalue weighted by atomic mass is 35.5. The van der Waals surface area contributed by atoms with Crippen LogP contribution in [0, 0.1) is 6.92 Å². The zero-order valence-electron chi connectivity index (χ0n) is 16.5. The molecule has 0 saturated heterocycles. The van der Waals surface area contributed by atoms with Crippen molar-refractivity contribution < 1.29 is 14.3 Å². The summed E-state index contributed by atoms with van der Waals surface area (Å²) in [7, 11) is 0. The van der Waals surface area contributed by atoms with Gasteiger partial charge in [0.25, 0.3) is 5.91 Å². The predicted molar refractivity (Wildman–Crippen MR) is 113 cm³/mol. The van der Waals surface area contributed by atoms with Crippen molar-refractivity contribution in [2.45, 2.75) is 26.8 Å². The quantitative estimate of drug-likeness (QED) is 0.563. The molecule has 3 rings (SSSR count). The number of halogens is 1. The van der Waals surface area contributed by atoms with Crippen LogP contribution in [0.3, 0.4) is 0 Å². The van der Waals surface area contributed by atoms with Crippen LogP contribution in [-0.4, -0.2) is 34.3 Å². The number of para-hydroxylation sites is 2. The number of nitrogens with zero attached hydrogens (tertiary/aromatic N) is 3. The lowest BCUT2D eigenvalue weighted by Crippen LogP contribution is -2.39. The van der Waals surface area contributed by atoms with Gasteiger partial charge in [-0.1, -0.05) is 48.0 Å². The maximum Gasteiger partial charge on any atom is 0.343 e. The summed E-state index contributed by atoms with van der Waals surface area (Å²) in [6, 6.07) is 18.4. The van der Waals surface area contributed by atoms with Crippen LogP contribution in [0.25, 0.3) is 5.69 Å². The van der Waals surface area contributed by atoms with Crippen molar-refractivity contribution in [3.63, 3.8) is 0 Å². The van der Waals surface area contributed by atoms with Gasteiger partial charge in [-0.15, -0.1) is 0 Å². The van der Waals surface area contributed by atoms with Gasteiger partial charge in [-0.2, -0.15) is 5.10 Å². The molecule has 6 nitrogen and oxygen atoms in total. The number of aromatic nitrogens is 2. The van der Waals surface area contributed by atoms with E-state index >= 15 is 0 Å². The SMILES string of the molecule is Cc1nn(-c2ccccc2)c(Cl)c1C(=O)OCC(=O)N(c1ccccc1)C(C)C. The molecule has 7 heteroatoms. The van der Waals surface area contributed by atoms with Crippen LogP contribution in [0.1, 0.15) is 29.9 Å².